The second kappa shape index (κ2) is 5.26. The number of halogens is 3. The molecule has 0 spiro atoms. The Morgan fingerprint density at radius 1 is 1.19 bits per heavy atom. The molecule has 0 saturated carbocycles. The molecule has 0 aliphatic heterocycles. The smallest absolute Gasteiger partial charge is 0.150 e. The van der Waals surface area contributed by atoms with Gasteiger partial charge >= 0.3 is 0 Å². The van der Waals surface area contributed by atoms with Crippen LogP contribution in [0, 0.1) is 0 Å². The van der Waals surface area contributed by atoms with Gasteiger partial charge in [0, 0.05) is 6.04 Å². The maximum atomic E-state index is 6.03. The number of hydrogen-bond donors (Lipinski definition) is 1. The molecule has 0 aromatic carbocycles. The van der Waals surface area contributed by atoms with Crippen molar-refractivity contribution >= 4 is 40.6 Å². The van der Waals surface area contributed by atoms with Gasteiger partial charge in [-0.1, -0.05) is 47.0 Å². The summed E-state index contributed by atoms with van der Waals surface area (Å²) >= 11 is 17.7. The van der Waals surface area contributed by atoms with Crippen molar-refractivity contribution in [3.8, 4) is 0 Å². The molecule has 5 heteroatoms. The summed E-state index contributed by atoms with van der Waals surface area (Å²) in [6, 6.07) is 1.98. The van der Waals surface area contributed by atoms with Gasteiger partial charge in [-0.25, -0.2) is 4.98 Å². The fraction of sp³-hybridized carbons (Fsp3) is 0.364. The molecule has 0 saturated heterocycles. The van der Waals surface area contributed by atoms with Crippen LogP contribution in [0.4, 0.5) is 5.82 Å². The quantitative estimate of drug-likeness (QED) is 0.633. The highest BCUT2D eigenvalue weighted by atomic mass is 35.5. The average Bonchev–Trinajstić information content (AvgIpc) is 2.27. The Kier molecular flexibility index (Phi) is 3.95. The van der Waals surface area contributed by atoms with E-state index in [9.17, 15) is 0 Å². The minimum Gasteiger partial charge on any atom is -0.366 e. The molecule has 1 aromatic rings. The number of anilines is 1. The van der Waals surface area contributed by atoms with Crippen molar-refractivity contribution in [3.63, 3.8) is 0 Å². The molecule has 0 radical (unpaired) electrons. The molecule has 1 aliphatic rings. The molecule has 1 aromatic heterocycles. The van der Waals surface area contributed by atoms with Crippen LogP contribution in [-0.4, -0.2) is 11.0 Å². The molecule has 1 N–H and O–H groups in total. The van der Waals surface area contributed by atoms with E-state index in [0.29, 0.717) is 21.9 Å². The van der Waals surface area contributed by atoms with Crippen LogP contribution in [-0.2, 0) is 0 Å². The SMILES string of the molecule is Clc1cc(Cl)c(NC2CC=CCC2)nc1Cl. The lowest BCUT2D eigenvalue weighted by Crippen LogP contribution is -2.21. The van der Waals surface area contributed by atoms with Gasteiger partial charge in [-0.2, -0.15) is 0 Å². The third kappa shape index (κ3) is 2.82. The maximum Gasteiger partial charge on any atom is 0.150 e. The predicted molar refractivity (Wildman–Crippen MR) is 69.7 cm³/mol. The molecular weight excluding hydrogens is 266 g/mol. The Labute approximate surface area is 110 Å². The standard InChI is InChI=1S/C11H11Cl3N2/c12-8-6-9(13)11(16-10(8)14)15-7-4-2-1-3-5-7/h1-2,6-7H,3-5H2,(H,15,16). The van der Waals surface area contributed by atoms with Gasteiger partial charge in [0.1, 0.15) is 11.0 Å². The second-order valence-corrected chi connectivity index (χ2v) is 4.89. The highest BCUT2D eigenvalue weighted by molar-refractivity contribution is 6.42. The van der Waals surface area contributed by atoms with Crippen molar-refractivity contribution < 1.29 is 0 Å². The van der Waals surface area contributed by atoms with Gasteiger partial charge in [0.2, 0.25) is 0 Å². The van der Waals surface area contributed by atoms with E-state index in [0.717, 1.165) is 19.3 Å². The Bertz CT molecular complexity index is 418. The minimum atomic E-state index is 0.278. The van der Waals surface area contributed by atoms with Crippen molar-refractivity contribution in [2.24, 2.45) is 0 Å². The first-order valence-corrected chi connectivity index (χ1v) is 6.23. The van der Waals surface area contributed by atoms with Gasteiger partial charge in [-0.05, 0) is 25.3 Å². The number of hydrogen-bond acceptors (Lipinski definition) is 2. The van der Waals surface area contributed by atoms with E-state index in [4.69, 9.17) is 34.8 Å². The summed E-state index contributed by atoms with van der Waals surface area (Å²) in [7, 11) is 0. The molecule has 2 nitrogen and oxygen atoms in total. The first-order valence-electron chi connectivity index (χ1n) is 5.10. The Morgan fingerprint density at radius 2 is 2.00 bits per heavy atom. The van der Waals surface area contributed by atoms with E-state index < -0.39 is 0 Å². The number of nitrogens with zero attached hydrogens (tertiary/aromatic N) is 1. The fourth-order valence-corrected chi connectivity index (χ4v) is 2.22. The average molecular weight is 278 g/mol. The number of rotatable bonds is 2. The minimum absolute atomic E-state index is 0.278. The van der Waals surface area contributed by atoms with Gasteiger partial charge in [0.15, 0.2) is 0 Å². The van der Waals surface area contributed by atoms with E-state index in [-0.39, 0.29) is 5.15 Å². The molecule has 1 heterocycles. The van der Waals surface area contributed by atoms with Crippen molar-refractivity contribution in [2.75, 3.05) is 5.32 Å². The van der Waals surface area contributed by atoms with Gasteiger partial charge in [0.25, 0.3) is 0 Å². The highest BCUT2D eigenvalue weighted by Crippen LogP contribution is 2.30. The summed E-state index contributed by atoms with van der Waals surface area (Å²) < 4.78 is 0. The zero-order chi connectivity index (χ0) is 11.5. The monoisotopic (exact) mass is 276 g/mol. The largest absolute Gasteiger partial charge is 0.366 e. The number of aromatic nitrogens is 1. The molecule has 1 aliphatic carbocycles. The molecule has 0 bridgehead atoms. The third-order valence-corrected chi connectivity index (χ3v) is 3.46. The summed E-state index contributed by atoms with van der Waals surface area (Å²) in [4.78, 5) is 4.13. The molecule has 2 rings (SSSR count). The molecule has 1 atom stereocenters. The lowest BCUT2D eigenvalue weighted by Gasteiger charge is -2.20. The Morgan fingerprint density at radius 3 is 2.69 bits per heavy atom. The van der Waals surface area contributed by atoms with Gasteiger partial charge in [0.05, 0.1) is 10.0 Å². The van der Waals surface area contributed by atoms with E-state index in [1.165, 1.54) is 0 Å². The van der Waals surface area contributed by atoms with Crippen LogP contribution in [0.15, 0.2) is 18.2 Å². The molecular formula is C11H11Cl3N2. The second-order valence-electron chi connectivity index (χ2n) is 3.72. The lowest BCUT2D eigenvalue weighted by atomic mass is 10.0. The Hall–Kier alpha value is -0.440. The predicted octanol–water partition coefficient (Wildman–Crippen LogP) is 4.56. The van der Waals surface area contributed by atoms with Crippen LogP contribution in [0.5, 0.6) is 0 Å². The van der Waals surface area contributed by atoms with Crippen LogP contribution in [0.3, 0.4) is 0 Å². The van der Waals surface area contributed by atoms with Crippen molar-refractivity contribution in [3.05, 3.63) is 33.4 Å². The first-order chi connectivity index (χ1) is 7.66. The lowest BCUT2D eigenvalue weighted by molar-refractivity contribution is 0.642. The van der Waals surface area contributed by atoms with Crippen LogP contribution in [0.1, 0.15) is 19.3 Å². The normalized spacial score (nSPS) is 19.8. The summed E-state index contributed by atoms with van der Waals surface area (Å²) in [6.07, 6.45) is 7.48. The van der Waals surface area contributed by atoms with Crippen LogP contribution >= 0.6 is 34.8 Å². The van der Waals surface area contributed by atoms with Gasteiger partial charge in [-0.15, -0.1) is 0 Å². The summed E-state index contributed by atoms with van der Waals surface area (Å²) in [5.74, 6) is 0.608. The van der Waals surface area contributed by atoms with Crippen molar-refractivity contribution in [2.45, 2.75) is 25.3 Å². The van der Waals surface area contributed by atoms with Crippen molar-refractivity contribution in [1.82, 2.24) is 4.98 Å². The number of allylic oxidation sites excluding steroid dienone is 1. The zero-order valence-electron chi connectivity index (χ0n) is 8.51. The first kappa shape index (κ1) is 12.0. The van der Waals surface area contributed by atoms with E-state index in [1.54, 1.807) is 6.07 Å². The van der Waals surface area contributed by atoms with Crippen LogP contribution < -0.4 is 5.32 Å². The molecule has 0 fully saturated rings. The van der Waals surface area contributed by atoms with E-state index in [2.05, 4.69) is 22.5 Å². The topological polar surface area (TPSA) is 24.9 Å². The zero-order valence-corrected chi connectivity index (χ0v) is 10.8. The van der Waals surface area contributed by atoms with Crippen LogP contribution in [0.25, 0.3) is 0 Å². The third-order valence-electron chi connectivity index (χ3n) is 2.50. The summed E-state index contributed by atoms with van der Waals surface area (Å²) in [5, 5.41) is 4.44. The molecule has 1 unspecified atom stereocenters. The maximum absolute atomic E-state index is 6.03. The fourth-order valence-electron chi connectivity index (χ4n) is 1.66. The number of nitrogens with one attached hydrogen (secondary N) is 1. The van der Waals surface area contributed by atoms with Crippen LogP contribution in [0.2, 0.25) is 15.2 Å². The van der Waals surface area contributed by atoms with E-state index in [1.807, 2.05) is 0 Å². The van der Waals surface area contributed by atoms with Gasteiger partial charge in [-0.3, -0.25) is 0 Å². The van der Waals surface area contributed by atoms with Crippen molar-refractivity contribution in [1.29, 1.82) is 0 Å². The molecule has 0 amide bonds. The molecule has 16 heavy (non-hydrogen) atoms. The molecule has 86 valence electrons. The number of pyridine rings is 1. The van der Waals surface area contributed by atoms with Gasteiger partial charge < -0.3 is 5.32 Å². The summed E-state index contributed by atoms with van der Waals surface area (Å²) in [6.45, 7) is 0. The Balaban J connectivity index is 2.14. The van der Waals surface area contributed by atoms with E-state index >= 15 is 0 Å². The highest BCUT2D eigenvalue weighted by Gasteiger charge is 2.13. The summed E-state index contributed by atoms with van der Waals surface area (Å²) in [5.41, 5.74) is 0.